The second kappa shape index (κ2) is 10.7. The van der Waals surface area contributed by atoms with Crippen molar-refractivity contribution in [2.75, 3.05) is 19.7 Å². The molecule has 2 aromatic rings. The van der Waals surface area contributed by atoms with Gasteiger partial charge in [0.15, 0.2) is 5.96 Å². The average molecular weight is 483 g/mol. The fourth-order valence-electron chi connectivity index (χ4n) is 3.15. The Morgan fingerprint density at radius 1 is 1.22 bits per heavy atom. The Kier molecular flexibility index (Phi) is 8.63. The van der Waals surface area contributed by atoms with Gasteiger partial charge in [-0.2, -0.15) is 0 Å². The van der Waals surface area contributed by atoms with Crippen LogP contribution in [0.25, 0.3) is 0 Å². The predicted molar refractivity (Wildman–Crippen MR) is 120 cm³/mol. The molecule has 1 aliphatic heterocycles. The maximum Gasteiger partial charge on any atom is 0.191 e. The lowest BCUT2D eigenvalue weighted by Gasteiger charge is -2.23. The molecule has 27 heavy (non-hydrogen) atoms. The van der Waals surface area contributed by atoms with Crippen molar-refractivity contribution < 1.29 is 9.15 Å². The quantitative estimate of drug-likeness (QED) is 0.350. The smallest absolute Gasteiger partial charge is 0.191 e. The molecule has 0 amide bonds. The number of ether oxygens (including phenoxy) is 1. The van der Waals surface area contributed by atoms with Crippen molar-refractivity contribution in [2.45, 2.75) is 44.8 Å². The molecular weight excluding hydrogens is 453 g/mol. The Balaban J connectivity index is 0.00000261. The predicted octanol–water partition coefficient (Wildman–Crippen LogP) is 4.31. The van der Waals surface area contributed by atoms with E-state index in [0.717, 1.165) is 44.1 Å². The van der Waals surface area contributed by atoms with Crippen LogP contribution in [0.1, 0.15) is 44.1 Å². The number of nitrogens with zero attached hydrogens (tertiary/aromatic N) is 1. The summed E-state index contributed by atoms with van der Waals surface area (Å²) in [6.45, 7) is 6.54. The monoisotopic (exact) mass is 483 g/mol. The van der Waals surface area contributed by atoms with Crippen molar-refractivity contribution in [3.8, 4) is 0 Å². The highest BCUT2D eigenvalue weighted by Gasteiger charge is 2.29. The number of hydrogen-bond acceptors (Lipinski definition) is 3. The van der Waals surface area contributed by atoms with Gasteiger partial charge in [-0.15, -0.1) is 24.0 Å². The summed E-state index contributed by atoms with van der Waals surface area (Å²) in [6, 6.07) is 14.5. The van der Waals surface area contributed by atoms with E-state index < -0.39 is 0 Å². The van der Waals surface area contributed by atoms with Gasteiger partial charge in [0.05, 0.1) is 24.5 Å². The number of halogens is 1. The van der Waals surface area contributed by atoms with Gasteiger partial charge in [-0.3, -0.25) is 4.99 Å². The number of rotatable bonds is 7. The summed E-state index contributed by atoms with van der Waals surface area (Å²) in [7, 11) is 0. The third-order valence-electron chi connectivity index (χ3n) is 4.77. The molecule has 6 heteroatoms. The molecule has 5 nitrogen and oxygen atoms in total. The van der Waals surface area contributed by atoms with E-state index in [0.29, 0.717) is 6.54 Å². The first-order valence-corrected chi connectivity index (χ1v) is 9.41. The minimum atomic E-state index is -0.147. The molecule has 1 aromatic heterocycles. The minimum absolute atomic E-state index is 0. The third-order valence-corrected chi connectivity index (χ3v) is 4.77. The highest BCUT2D eigenvalue weighted by atomic mass is 127. The Hall–Kier alpha value is -1.54. The zero-order chi connectivity index (χ0) is 18.2. The lowest BCUT2D eigenvalue weighted by molar-refractivity contribution is 0.0283. The number of aliphatic imine (C=N–C) groups is 1. The van der Waals surface area contributed by atoms with Crippen LogP contribution in [0.15, 0.2) is 58.1 Å². The van der Waals surface area contributed by atoms with Gasteiger partial charge >= 0.3 is 0 Å². The van der Waals surface area contributed by atoms with Crippen molar-refractivity contribution in [3.63, 3.8) is 0 Å². The van der Waals surface area contributed by atoms with E-state index in [9.17, 15) is 0 Å². The standard InChI is InChI=1S/C21H29N3O2.HI/c1-17(18-8-4-3-5-9-18)24-20(22-13-11-19-10-6-14-25-19)23-16-21(2)12-7-15-26-21;/h3-6,8-10,14,17H,7,11-13,15-16H2,1-2H3,(H2,22,23,24);1H. The average Bonchev–Trinajstić information content (AvgIpc) is 3.32. The first-order valence-electron chi connectivity index (χ1n) is 9.41. The Labute approximate surface area is 179 Å². The highest BCUT2D eigenvalue weighted by Crippen LogP contribution is 2.25. The highest BCUT2D eigenvalue weighted by molar-refractivity contribution is 14.0. The van der Waals surface area contributed by atoms with Crippen LogP contribution in [-0.2, 0) is 11.2 Å². The summed E-state index contributed by atoms with van der Waals surface area (Å²) in [5, 5.41) is 6.93. The second-order valence-corrected chi connectivity index (χ2v) is 7.10. The van der Waals surface area contributed by atoms with Crippen molar-refractivity contribution in [1.29, 1.82) is 0 Å². The van der Waals surface area contributed by atoms with Gasteiger partial charge in [0, 0.05) is 19.6 Å². The number of nitrogens with one attached hydrogen (secondary N) is 2. The zero-order valence-electron chi connectivity index (χ0n) is 16.1. The van der Waals surface area contributed by atoms with Gasteiger partial charge in [0.2, 0.25) is 0 Å². The zero-order valence-corrected chi connectivity index (χ0v) is 18.4. The molecule has 2 unspecified atom stereocenters. The number of hydrogen-bond donors (Lipinski definition) is 2. The van der Waals surface area contributed by atoms with Gasteiger partial charge in [-0.25, -0.2) is 0 Å². The summed E-state index contributed by atoms with van der Waals surface area (Å²) in [5.74, 6) is 1.78. The van der Waals surface area contributed by atoms with Crippen LogP contribution in [0.2, 0.25) is 0 Å². The van der Waals surface area contributed by atoms with Crippen LogP contribution in [0, 0.1) is 0 Å². The molecule has 0 spiro atoms. The summed E-state index contributed by atoms with van der Waals surface area (Å²) in [4.78, 5) is 4.80. The number of furan rings is 1. The summed E-state index contributed by atoms with van der Waals surface area (Å²) >= 11 is 0. The van der Waals surface area contributed by atoms with E-state index in [1.165, 1.54) is 5.56 Å². The number of benzene rings is 1. The fourth-order valence-corrected chi connectivity index (χ4v) is 3.15. The van der Waals surface area contributed by atoms with Crippen LogP contribution >= 0.6 is 24.0 Å². The Bertz CT molecular complexity index is 683. The molecule has 1 fully saturated rings. The van der Waals surface area contributed by atoms with Crippen molar-refractivity contribution >= 4 is 29.9 Å². The molecule has 2 atom stereocenters. The van der Waals surface area contributed by atoms with Crippen LogP contribution in [0.4, 0.5) is 0 Å². The summed E-state index contributed by atoms with van der Waals surface area (Å²) in [6.07, 6.45) is 4.70. The number of guanidine groups is 1. The summed E-state index contributed by atoms with van der Waals surface area (Å²) in [5.41, 5.74) is 1.09. The molecule has 1 saturated heterocycles. The second-order valence-electron chi connectivity index (χ2n) is 7.10. The maximum atomic E-state index is 5.87. The van der Waals surface area contributed by atoms with E-state index >= 15 is 0 Å². The Morgan fingerprint density at radius 2 is 2.04 bits per heavy atom. The first-order chi connectivity index (χ1) is 12.6. The third kappa shape index (κ3) is 6.84. The molecule has 1 aliphatic rings. The van der Waals surface area contributed by atoms with Gasteiger partial charge in [-0.05, 0) is 44.4 Å². The molecule has 0 saturated carbocycles. The van der Waals surface area contributed by atoms with E-state index in [4.69, 9.17) is 14.1 Å². The molecule has 2 N–H and O–H groups in total. The molecule has 2 heterocycles. The van der Waals surface area contributed by atoms with Crippen molar-refractivity contribution in [1.82, 2.24) is 10.6 Å². The molecule has 148 valence electrons. The van der Waals surface area contributed by atoms with Gasteiger partial charge in [-0.1, -0.05) is 30.3 Å². The topological polar surface area (TPSA) is 58.8 Å². The van der Waals surface area contributed by atoms with Crippen molar-refractivity contribution in [2.24, 2.45) is 4.99 Å². The van der Waals surface area contributed by atoms with Crippen LogP contribution < -0.4 is 10.6 Å². The molecule has 0 aliphatic carbocycles. The van der Waals surface area contributed by atoms with Crippen LogP contribution in [0.3, 0.4) is 0 Å². The molecule has 0 radical (unpaired) electrons. The molecular formula is C21H30IN3O2. The lowest BCUT2D eigenvalue weighted by Crippen LogP contribution is -2.41. The fraction of sp³-hybridized carbons (Fsp3) is 0.476. The molecule has 3 rings (SSSR count). The molecule has 1 aromatic carbocycles. The largest absolute Gasteiger partial charge is 0.469 e. The van der Waals surface area contributed by atoms with Gasteiger partial charge in [0.1, 0.15) is 5.76 Å². The maximum absolute atomic E-state index is 5.87. The van der Waals surface area contributed by atoms with E-state index in [1.54, 1.807) is 6.26 Å². The first kappa shape index (κ1) is 21.8. The van der Waals surface area contributed by atoms with E-state index in [2.05, 4.69) is 48.7 Å². The molecule has 0 bridgehead atoms. The minimum Gasteiger partial charge on any atom is -0.469 e. The summed E-state index contributed by atoms with van der Waals surface area (Å²) < 4.78 is 11.3. The normalized spacial score (nSPS) is 20.7. The van der Waals surface area contributed by atoms with Crippen molar-refractivity contribution in [3.05, 3.63) is 60.1 Å². The van der Waals surface area contributed by atoms with Gasteiger partial charge < -0.3 is 19.8 Å². The van der Waals surface area contributed by atoms with Crippen LogP contribution in [0.5, 0.6) is 0 Å². The van der Waals surface area contributed by atoms with E-state index in [1.807, 2.05) is 18.2 Å². The lowest BCUT2D eigenvalue weighted by atomic mass is 10.0. The van der Waals surface area contributed by atoms with E-state index in [-0.39, 0.29) is 35.6 Å². The Morgan fingerprint density at radius 3 is 2.70 bits per heavy atom. The SMILES string of the molecule is CC(NC(=NCC1(C)CCCO1)NCCc1ccco1)c1ccccc1.I. The van der Waals surface area contributed by atoms with Crippen LogP contribution in [-0.4, -0.2) is 31.3 Å². The van der Waals surface area contributed by atoms with Gasteiger partial charge in [0.25, 0.3) is 0 Å².